The van der Waals surface area contributed by atoms with Gasteiger partial charge in [-0.05, 0) is 44.5 Å². The molecule has 1 unspecified atom stereocenters. The Balaban J connectivity index is 1.65. The first kappa shape index (κ1) is 23.6. The van der Waals surface area contributed by atoms with Crippen LogP contribution in [0.1, 0.15) is 31.3 Å². The van der Waals surface area contributed by atoms with Crippen LogP contribution in [-0.4, -0.2) is 31.3 Å². The van der Waals surface area contributed by atoms with Crippen LogP contribution < -0.4 is 10.1 Å². The molecule has 0 radical (unpaired) electrons. The van der Waals surface area contributed by atoms with Crippen molar-refractivity contribution in [1.29, 1.82) is 0 Å². The number of nitro benzene ring substituents is 1. The number of nitrogens with zero attached hydrogens (tertiary/aromatic N) is 4. The van der Waals surface area contributed by atoms with Crippen molar-refractivity contribution < 1.29 is 14.5 Å². The number of benzene rings is 2. The Hall–Kier alpha value is -3.11. The lowest BCUT2D eigenvalue weighted by Gasteiger charge is -2.16. The first-order valence-electron chi connectivity index (χ1n) is 9.81. The van der Waals surface area contributed by atoms with Crippen LogP contribution in [0, 0.1) is 17.0 Å². The standard InChI is InChI=1S/C21H22ClN5O4S/c1-4-26-20(14(3)31-18-10-13(2)8-9-17(18)22)24-25-21(26)32-12-19(28)23-15-6-5-7-16(11-15)27(29)30/h5-11,14H,4,12H2,1-3H3,(H,23,28). The molecule has 0 aliphatic carbocycles. The zero-order valence-corrected chi connectivity index (χ0v) is 19.3. The highest BCUT2D eigenvalue weighted by Crippen LogP contribution is 2.30. The lowest BCUT2D eigenvalue weighted by Crippen LogP contribution is -2.15. The SMILES string of the molecule is CCn1c(SCC(=O)Nc2cccc([N+](=O)[O-])c2)nnc1C(C)Oc1cc(C)ccc1Cl. The Kier molecular flexibility index (Phi) is 7.70. The van der Waals surface area contributed by atoms with Gasteiger partial charge in [0.15, 0.2) is 17.1 Å². The highest BCUT2D eigenvalue weighted by atomic mass is 35.5. The summed E-state index contributed by atoms with van der Waals surface area (Å²) in [6.07, 6.45) is -0.408. The second-order valence-electron chi connectivity index (χ2n) is 6.92. The molecule has 0 aliphatic heterocycles. The van der Waals surface area contributed by atoms with Crippen molar-refractivity contribution in [3.05, 3.63) is 69.0 Å². The van der Waals surface area contributed by atoms with Crippen molar-refractivity contribution >= 4 is 40.6 Å². The fourth-order valence-electron chi connectivity index (χ4n) is 2.97. The van der Waals surface area contributed by atoms with Crippen LogP contribution in [0.2, 0.25) is 5.02 Å². The molecule has 168 valence electrons. The third kappa shape index (κ3) is 5.77. The number of thioether (sulfide) groups is 1. The summed E-state index contributed by atoms with van der Waals surface area (Å²) in [4.78, 5) is 22.7. The molecule has 0 saturated heterocycles. The number of carbonyl (C=O) groups excluding carboxylic acids is 1. The van der Waals surface area contributed by atoms with E-state index in [4.69, 9.17) is 16.3 Å². The molecular formula is C21H22ClN5O4S. The van der Waals surface area contributed by atoms with Gasteiger partial charge in [0.05, 0.1) is 15.7 Å². The summed E-state index contributed by atoms with van der Waals surface area (Å²) in [5.41, 5.74) is 1.30. The molecule has 11 heteroatoms. The number of hydrogen-bond donors (Lipinski definition) is 1. The van der Waals surface area contributed by atoms with Crippen LogP contribution >= 0.6 is 23.4 Å². The van der Waals surface area contributed by atoms with Crippen molar-refractivity contribution in [2.75, 3.05) is 11.1 Å². The molecule has 1 N–H and O–H groups in total. The molecule has 0 aliphatic rings. The van der Waals surface area contributed by atoms with E-state index in [1.807, 2.05) is 37.5 Å². The molecule has 0 spiro atoms. The minimum atomic E-state index is -0.511. The van der Waals surface area contributed by atoms with Crippen LogP contribution in [0.5, 0.6) is 5.75 Å². The maximum atomic E-state index is 12.3. The van der Waals surface area contributed by atoms with Gasteiger partial charge in [-0.1, -0.05) is 35.5 Å². The third-order valence-electron chi connectivity index (χ3n) is 4.49. The first-order valence-corrected chi connectivity index (χ1v) is 11.2. The highest BCUT2D eigenvalue weighted by Gasteiger charge is 2.20. The number of amides is 1. The van der Waals surface area contributed by atoms with Gasteiger partial charge in [-0.2, -0.15) is 0 Å². The quantitative estimate of drug-likeness (QED) is 0.262. The van der Waals surface area contributed by atoms with Crippen LogP contribution in [0.15, 0.2) is 47.6 Å². The Morgan fingerprint density at radius 3 is 2.81 bits per heavy atom. The Bertz CT molecular complexity index is 1140. The van der Waals surface area contributed by atoms with E-state index in [2.05, 4.69) is 15.5 Å². The van der Waals surface area contributed by atoms with Gasteiger partial charge in [0.25, 0.3) is 5.69 Å². The van der Waals surface area contributed by atoms with E-state index in [9.17, 15) is 14.9 Å². The fraction of sp³-hybridized carbons (Fsp3) is 0.286. The summed E-state index contributed by atoms with van der Waals surface area (Å²) in [5.74, 6) is 0.945. The smallest absolute Gasteiger partial charge is 0.271 e. The summed E-state index contributed by atoms with van der Waals surface area (Å²) < 4.78 is 7.88. The molecule has 2 aromatic carbocycles. The summed E-state index contributed by atoms with van der Waals surface area (Å²) in [7, 11) is 0. The van der Waals surface area contributed by atoms with E-state index >= 15 is 0 Å². The fourth-order valence-corrected chi connectivity index (χ4v) is 3.94. The molecule has 9 nitrogen and oxygen atoms in total. The van der Waals surface area contributed by atoms with Crippen molar-refractivity contribution in [1.82, 2.24) is 14.8 Å². The van der Waals surface area contributed by atoms with Crippen molar-refractivity contribution in [2.24, 2.45) is 0 Å². The number of aryl methyl sites for hydroxylation is 1. The van der Waals surface area contributed by atoms with Crippen molar-refractivity contribution in [3.8, 4) is 5.75 Å². The van der Waals surface area contributed by atoms with E-state index in [-0.39, 0.29) is 17.3 Å². The summed E-state index contributed by atoms with van der Waals surface area (Å²) in [6, 6.07) is 11.3. The first-order chi connectivity index (χ1) is 15.3. The molecule has 0 bridgehead atoms. The van der Waals surface area contributed by atoms with Gasteiger partial charge in [0.1, 0.15) is 5.75 Å². The van der Waals surface area contributed by atoms with Gasteiger partial charge >= 0.3 is 0 Å². The largest absolute Gasteiger partial charge is 0.481 e. The third-order valence-corrected chi connectivity index (χ3v) is 5.77. The Morgan fingerprint density at radius 2 is 2.09 bits per heavy atom. The number of aromatic nitrogens is 3. The molecule has 3 aromatic rings. The summed E-state index contributed by atoms with van der Waals surface area (Å²) in [6.45, 7) is 6.35. The molecule has 1 aromatic heterocycles. The number of carbonyl (C=O) groups is 1. The lowest BCUT2D eigenvalue weighted by molar-refractivity contribution is -0.384. The van der Waals surface area contributed by atoms with Crippen LogP contribution in [0.3, 0.4) is 0 Å². The molecule has 3 rings (SSSR count). The predicted molar refractivity (Wildman–Crippen MR) is 123 cm³/mol. The van der Waals surface area contributed by atoms with Crippen molar-refractivity contribution in [3.63, 3.8) is 0 Å². The van der Waals surface area contributed by atoms with E-state index < -0.39 is 11.0 Å². The maximum absolute atomic E-state index is 12.3. The average molecular weight is 476 g/mol. The second kappa shape index (κ2) is 10.5. The molecule has 1 amide bonds. The normalized spacial score (nSPS) is 11.8. The topological polar surface area (TPSA) is 112 Å². The Morgan fingerprint density at radius 1 is 1.31 bits per heavy atom. The van der Waals surface area contributed by atoms with Crippen LogP contribution in [0.4, 0.5) is 11.4 Å². The number of halogens is 1. The van der Waals surface area contributed by atoms with Crippen LogP contribution in [-0.2, 0) is 11.3 Å². The minimum absolute atomic E-state index is 0.0692. The van der Waals surface area contributed by atoms with Gasteiger partial charge in [-0.15, -0.1) is 10.2 Å². The number of ether oxygens (including phenoxy) is 1. The number of hydrogen-bond acceptors (Lipinski definition) is 7. The van der Waals surface area contributed by atoms with Crippen LogP contribution in [0.25, 0.3) is 0 Å². The lowest BCUT2D eigenvalue weighted by atomic mass is 10.2. The average Bonchev–Trinajstić information content (AvgIpc) is 3.18. The number of nitrogens with one attached hydrogen (secondary N) is 1. The molecule has 1 atom stereocenters. The summed E-state index contributed by atoms with van der Waals surface area (Å²) >= 11 is 7.45. The van der Waals surface area contributed by atoms with Gasteiger partial charge in [0.2, 0.25) is 5.91 Å². The van der Waals surface area contributed by atoms with Gasteiger partial charge in [0, 0.05) is 24.4 Å². The number of anilines is 1. The maximum Gasteiger partial charge on any atom is 0.271 e. The molecule has 0 saturated carbocycles. The predicted octanol–water partition coefficient (Wildman–Crippen LogP) is 5.04. The van der Waals surface area contributed by atoms with Gasteiger partial charge < -0.3 is 14.6 Å². The number of rotatable bonds is 9. The highest BCUT2D eigenvalue weighted by molar-refractivity contribution is 7.99. The number of non-ortho nitro benzene ring substituents is 1. The van der Waals surface area contributed by atoms with Crippen molar-refractivity contribution in [2.45, 2.75) is 38.6 Å². The monoisotopic (exact) mass is 475 g/mol. The van der Waals surface area contributed by atoms with Gasteiger partial charge in [-0.25, -0.2) is 0 Å². The number of nitro groups is 1. The summed E-state index contributed by atoms with van der Waals surface area (Å²) in [5, 5.41) is 23.1. The Labute approximate surface area is 194 Å². The van der Waals surface area contributed by atoms with E-state index in [0.717, 1.165) is 5.56 Å². The zero-order chi connectivity index (χ0) is 23.3. The van der Waals surface area contributed by atoms with E-state index in [1.54, 1.807) is 12.1 Å². The second-order valence-corrected chi connectivity index (χ2v) is 8.27. The minimum Gasteiger partial charge on any atom is -0.481 e. The van der Waals surface area contributed by atoms with Gasteiger partial charge in [-0.3, -0.25) is 14.9 Å². The molecule has 1 heterocycles. The van der Waals surface area contributed by atoms with E-state index in [1.165, 1.54) is 30.0 Å². The molecule has 0 fully saturated rings. The molecule has 32 heavy (non-hydrogen) atoms. The van der Waals surface area contributed by atoms with E-state index in [0.29, 0.717) is 34.0 Å². The zero-order valence-electron chi connectivity index (χ0n) is 17.7. The molecular weight excluding hydrogens is 454 g/mol.